The highest BCUT2D eigenvalue weighted by atomic mass is 16.5. The van der Waals surface area contributed by atoms with Crippen LogP contribution < -0.4 is 5.32 Å². The van der Waals surface area contributed by atoms with Gasteiger partial charge >= 0.3 is 5.97 Å². The van der Waals surface area contributed by atoms with Crippen molar-refractivity contribution in [3.05, 3.63) is 41.0 Å². The van der Waals surface area contributed by atoms with Crippen molar-refractivity contribution in [3.8, 4) is 6.07 Å². The number of esters is 1. The summed E-state index contributed by atoms with van der Waals surface area (Å²) in [6.07, 6.45) is 4.45. The molecule has 5 heteroatoms. The van der Waals surface area contributed by atoms with Crippen LogP contribution in [0.2, 0.25) is 0 Å². The number of nitrogens with zero attached hydrogens (tertiary/aromatic N) is 1. The van der Waals surface area contributed by atoms with Crippen LogP contribution in [0.4, 0.5) is 0 Å². The summed E-state index contributed by atoms with van der Waals surface area (Å²) in [6, 6.07) is 9.18. The van der Waals surface area contributed by atoms with Crippen LogP contribution in [0.25, 0.3) is 6.08 Å². The fourth-order valence-electron chi connectivity index (χ4n) is 1.83. The van der Waals surface area contributed by atoms with Crippen molar-refractivity contribution in [2.75, 3.05) is 13.2 Å². The summed E-state index contributed by atoms with van der Waals surface area (Å²) in [6.45, 7) is 4.21. The van der Waals surface area contributed by atoms with E-state index in [2.05, 4.69) is 12.2 Å². The summed E-state index contributed by atoms with van der Waals surface area (Å²) in [5.74, 6) is -1.15. The van der Waals surface area contributed by atoms with E-state index < -0.39 is 5.97 Å². The van der Waals surface area contributed by atoms with E-state index >= 15 is 0 Å². The predicted molar refractivity (Wildman–Crippen MR) is 88.3 cm³/mol. The Kier molecular flexibility index (Phi) is 8.16. The Morgan fingerprint density at radius 3 is 2.57 bits per heavy atom. The Balaban J connectivity index is 2.49. The van der Waals surface area contributed by atoms with Gasteiger partial charge in [0.2, 0.25) is 0 Å². The topological polar surface area (TPSA) is 79.2 Å². The SMILES string of the molecule is CCCCCNC(=O)COC(=O)/C(C#N)=C/c1ccc(C)cc1. The third kappa shape index (κ3) is 7.28. The molecule has 122 valence electrons. The highest BCUT2D eigenvalue weighted by molar-refractivity contribution is 5.98. The van der Waals surface area contributed by atoms with Crippen LogP contribution >= 0.6 is 0 Å². The van der Waals surface area contributed by atoms with Gasteiger partial charge in [0, 0.05) is 6.54 Å². The van der Waals surface area contributed by atoms with Gasteiger partial charge in [-0.15, -0.1) is 0 Å². The molecule has 0 unspecified atom stereocenters. The zero-order valence-electron chi connectivity index (χ0n) is 13.6. The summed E-state index contributed by atoms with van der Waals surface area (Å²) in [5.41, 5.74) is 1.68. The number of hydrogen-bond acceptors (Lipinski definition) is 4. The van der Waals surface area contributed by atoms with Crippen LogP contribution in [-0.4, -0.2) is 25.0 Å². The molecule has 5 nitrogen and oxygen atoms in total. The van der Waals surface area contributed by atoms with E-state index in [-0.39, 0.29) is 18.1 Å². The molecule has 0 heterocycles. The number of amides is 1. The number of aryl methyl sites for hydroxylation is 1. The van der Waals surface area contributed by atoms with Gasteiger partial charge in [-0.1, -0.05) is 49.6 Å². The lowest BCUT2D eigenvalue weighted by Crippen LogP contribution is -2.29. The Bertz CT molecular complexity index is 598. The lowest BCUT2D eigenvalue weighted by atomic mass is 10.1. The third-order valence-electron chi connectivity index (χ3n) is 3.17. The minimum atomic E-state index is -0.795. The average Bonchev–Trinajstić information content (AvgIpc) is 2.56. The van der Waals surface area contributed by atoms with Crippen molar-refractivity contribution in [2.24, 2.45) is 0 Å². The van der Waals surface area contributed by atoms with E-state index in [1.807, 2.05) is 19.1 Å². The molecule has 1 amide bonds. The quantitative estimate of drug-likeness (QED) is 0.346. The highest BCUT2D eigenvalue weighted by Crippen LogP contribution is 2.09. The first-order valence-corrected chi connectivity index (χ1v) is 7.69. The van der Waals surface area contributed by atoms with E-state index in [9.17, 15) is 9.59 Å². The van der Waals surface area contributed by atoms with Gasteiger partial charge in [0.1, 0.15) is 11.6 Å². The molecule has 1 N–H and O–H groups in total. The zero-order valence-corrected chi connectivity index (χ0v) is 13.6. The fraction of sp³-hybridized carbons (Fsp3) is 0.389. The summed E-state index contributed by atoms with van der Waals surface area (Å²) < 4.78 is 4.87. The number of carbonyl (C=O) groups is 2. The van der Waals surface area contributed by atoms with E-state index in [4.69, 9.17) is 10.00 Å². The van der Waals surface area contributed by atoms with Gasteiger partial charge in [0.25, 0.3) is 5.91 Å². The number of carbonyl (C=O) groups excluding carboxylic acids is 2. The van der Waals surface area contributed by atoms with Crippen molar-refractivity contribution in [2.45, 2.75) is 33.1 Å². The summed E-state index contributed by atoms with van der Waals surface area (Å²) >= 11 is 0. The Labute approximate surface area is 137 Å². The maximum atomic E-state index is 11.8. The van der Waals surface area contributed by atoms with E-state index in [1.54, 1.807) is 18.2 Å². The van der Waals surface area contributed by atoms with E-state index in [1.165, 1.54) is 6.08 Å². The number of ether oxygens (including phenoxy) is 1. The van der Waals surface area contributed by atoms with Crippen molar-refractivity contribution < 1.29 is 14.3 Å². The first kappa shape index (κ1) is 18.4. The van der Waals surface area contributed by atoms with E-state index in [0.29, 0.717) is 6.54 Å². The second-order valence-electron chi connectivity index (χ2n) is 5.21. The van der Waals surface area contributed by atoms with Crippen molar-refractivity contribution in [1.82, 2.24) is 5.32 Å². The third-order valence-corrected chi connectivity index (χ3v) is 3.17. The number of nitrogens with one attached hydrogen (secondary N) is 1. The lowest BCUT2D eigenvalue weighted by molar-refractivity contribution is -0.144. The molecule has 1 rings (SSSR count). The van der Waals surface area contributed by atoms with Crippen LogP contribution in [-0.2, 0) is 14.3 Å². The Morgan fingerprint density at radius 2 is 1.96 bits per heavy atom. The maximum absolute atomic E-state index is 11.8. The van der Waals surface area contributed by atoms with Gasteiger partial charge in [-0.2, -0.15) is 5.26 Å². The van der Waals surface area contributed by atoms with Gasteiger partial charge in [-0.3, -0.25) is 4.79 Å². The number of unbranched alkanes of at least 4 members (excludes halogenated alkanes) is 2. The van der Waals surface area contributed by atoms with Crippen molar-refractivity contribution >= 4 is 18.0 Å². The minimum Gasteiger partial charge on any atom is -0.451 e. The van der Waals surface area contributed by atoms with Gasteiger partial charge in [-0.25, -0.2) is 4.79 Å². The molecule has 0 atom stereocenters. The summed E-state index contributed by atoms with van der Waals surface area (Å²) in [7, 11) is 0. The van der Waals surface area contributed by atoms with Crippen LogP contribution in [0.3, 0.4) is 0 Å². The van der Waals surface area contributed by atoms with E-state index in [0.717, 1.165) is 30.4 Å². The molecule has 0 aliphatic heterocycles. The van der Waals surface area contributed by atoms with Gasteiger partial charge in [0.15, 0.2) is 6.61 Å². The lowest BCUT2D eigenvalue weighted by Gasteiger charge is -2.06. The molecule has 0 fully saturated rings. The molecule has 0 saturated carbocycles. The van der Waals surface area contributed by atoms with Gasteiger partial charge in [-0.05, 0) is 25.0 Å². The van der Waals surface area contributed by atoms with Crippen LogP contribution in [0, 0.1) is 18.3 Å². The number of benzene rings is 1. The number of rotatable bonds is 8. The molecular weight excluding hydrogens is 292 g/mol. The molecule has 0 bridgehead atoms. The predicted octanol–water partition coefficient (Wildman–Crippen LogP) is 2.75. The normalized spacial score (nSPS) is 10.7. The van der Waals surface area contributed by atoms with Crippen LogP contribution in [0.1, 0.15) is 37.3 Å². The zero-order chi connectivity index (χ0) is 17.1. The van der Waals surface area contributed by atoms with Crippen molar-refractivity contribution in [1.29, 1.82) is 5.26 Å². The molecule has 0 aliphatic carbocycles. The molecule has 0 aromatic heterocycles. The molecule has 0 spiro atoms. The maximum Gasteiger partial charge on any atom is 0.349 e. The molecule has 0 saturated heterocycles. The standard InChI is InChI=1S/C18H22N2O3/c1-3-4-5-10-20-17(21)13-23-18(22)16(12-19)11-15-8-6-14(2)7-9-15/h6-9,11H,3-5,10,13H2,1-2H3,(H,20,21)/b16-11+. The first-order valence-electron chi connectivity index (χ1n) is 7.69. The largest absolute Gasteiger partial charge is 0.451 e. The van der Waals surface area contributed by atoms with Gasteiger partial charge < -0.3 is 10.1 Å². The second kappa shape index (κ2) is 10.2. The number of nitriles is 1. The smallest absolute Gasteiger partial charge is 0.349 e. The number of hydrogen-bond donors (Lipinski definition) is 1. The Morgan fingerprint density at radius 1 is 1.26 bits per heavy atom. The second-order valence-corrected chi connectivity index (χ2v) is 5.21. The van der Waals surface area contributed by atoms with Crippen molar-refractivity contribution in [3.63, 3.8) is 0 Å². The summed E-state index contributed by atoms with van der Waals surface area (Å²) in [5, 5.41) is 11.7. The molecule has 0 aliphatic rings. The molecule has 1 aromatic carbocycles. The molecule has 23 heavy (non-hydrogen) atoms. The summed E-state index contributed by atoms with van der Waals surface area (Å²) in [4.78, 5) is 23.4. The first-order chi connectivity index (χ1) is 11.1. The molecule has 0 radical (unpaired) electrons. The molecular formula is C18H22N2O3. The Hall–Kier alpha value is -2.61. The van der Waals surface area contributed by atoms with Crippen LogP contribution in [0.5, 0.6) is 0 Å². The van der Waals surface area contributed by atoms with Crippen LogP contribution in [0.15, 0.2) is 29.8 Å². The fourth-order valence-corrected chi connectivity index (χ4v) is 1.83. The van der Waals surface area contributed by atoms with Gasteiger partial charge in [0.05, 0.1) is 0 Å². The molecule has 1 aromatic rings. The monoisotopic (exact) mass is 314 g/mol. The highest BCUT2D eigenvalue weighted by Gasteiger charge is 2.12. The average molecular weight is 314 g/mol. The minimum absolute atomic E-state index is 0.132.